The van der Waals surface area contributed by atoms with E-state index in [1.807, 2.05) is 13.8 Å². The van der Waals surface area contributed by atoms with Crippen LogP contribution in [-0.2, 0) is 21.4 Å². The van der Waals surface area contributed by atoms with E-state index in [2.05, 4.69) is 41.8 Å². The largest absolute Gasteiger partial charge is 0.354 e. The second-order valence-corrected chi connectivity index (χ2v) is 7.91. The highest BCUT2D eigenvalue weighted by molar-refractivity contribution is 7.09. The van der Waals surface area contributed by atoms with Crippen LogP contribution in [0.4, 0.5) is 0 Å². The molecule has 0 aliphatic rings. The van der Waals surface area contributed by atoms with Crippen molar-refractivity contribution in [1.29, 1.82) is 0 Å². The zero-order valence-electron chi connectivity index (χ0n) is 14.6. The number of nitrogens with one attached hydrogen (secondary N) is 2. The fraction of sp³-hybridized carbons (Fsp3) is 0.688. The van der Waals surface area contributed by atoms with Gasteiger partial charge in [0.1, 0.15) is 0 Å². The minimum absolute atomic E-state index is 0.0391. The van der Waals surface area contributed by atoms with Crippen LogP contribution >= 0.6 is 11.3 Å². The molecule has 23 heavy (non-hydrogen) atoms. The van der Waals surface area contributed by atoms with Gasteiger partial charge in [-0.2, -0.15) is 0 Å². The normalized spacial score (nSPS) is 13.0. The summed E-state index contributed by atoms with van der Waals surface area (Å²) in [5, 5.41) is 8.38. The van der Waals surface area contributed by atoms with E-state index >= 15 is 0 Å². The van der Waals surface area contributed by atoms with Gasteiger partial charge in [-0.1, -0.05) is 34.6 Å². The molecule has 130 valence electrons. The van der Waals surface area contributed by atoms with Crippen LogP contribution in [0.3, 0.4) is 0 Å². The van der Waals surface area contributed by atoms with Crippen LogP contribution in [0.15, 0.2) is 5.38 Å². The third-order valence-electron chi connectivity index (χ3n) is 3.43. The van der Waals surface area contributed by atoms with Crippen LogP contribution < -0.4 is 16.4 Å². The molecule has 0 aromatic carbocycles. The Morgan fingerprint density at radius 3 is 2.48 bits per heavy atom. The number of thiazole rings is 1. The molecule has 0 bridgehead atoms. The average molecular weight is 340 g/mol. The molecule has 0 unspecified atom stereocenters. The first-order chi connectivity index (χ1) is 10.6. The molecule has 0 aliphatic carbocycles. The lowest BCUT2D eigenvalue weighted by atomic mass is 9.93. The van der Waals surface area contributed by atoms with Gasteiger partial charge in [0.05, 0.1) is 23.3 Å². The van der Waals surface area contributed by atoms with Gasteiger partial charge in [0.25, 0.3) is 0 Å². The summed E-state index contributed by atoms with van der Waals surface area (Å²) in [6.45, 7) is 10.6. The Morgan fingerprint density at radius 2 is 1.96 bits per heavy atom. The second kappa shape index (κ2) is 8.40. The van der Waals surface area contributed by atoms with Gasteiger partial charge in [-0.25, -0.2) is 4.98 Å². The number of hydrogen-bond donors (Lipinski definition) is 3. The van der Waals surface area contributed by atoms with Crippen LogP contribution in [0.1, 0.15) is 45.3 Å². The lowest BCUT2D eigenvalue weighted by Crippen LogP contribution is -2.47. The van der Waals surface area contributed by atoms with Crippen molar-refractivity contribution in [2.45, 2.75) is 52.5 Å². The quantitative estimate of drug-likeness (QED) is 0.695. The topological polar surface area (TPSA) is 97.1 Å². The number of amides is 2. The second-order valence-electron chi connectivity index (χ2n) is 6.96. The van der Waals surface area contributed by atoms with Crippen LogP contribution in [-0.4, -0.2) is 35.9 Å². The van der Waals surface area contributed by atoms with Crippen LogP contribution in [0.25, 0.3) is 0 Å². The average Bonchev–Trinajstić information content (AvgIpc) is 2.92. The fourth-order valence-corrected chi connectivity index (χ4v) is 2.75. The number of rotatable bonds is 7. The Kier molecular flexibility index (Phi) is 7.15. The zero-order valence-corrected chi connectivity index (χ0v) is 15.4. The summed E-state index contributed by atoms with van der Waals surface area (Å²) < 4.78 is 0. The molecule has 1 rings (SSSR count). The lowest BCUT2D eigenvalue weighted by molar-refractivity contribution is -0.127. The van der Waals surface area contributed by atoms with E-state index in [1.165, 1.54) is 0 Å². The van der Waals surface area contributed by atoms with Crippen molar-refractivity contribution in [3.8, 4) is 0 Å². The summed E-state index contributed by atoms with van der Waals surface area (Å²) in [7, 11) is 0. The Bertz CT molecular complexity index is 534. The number of nitrogens with zero attached hydrogens (tertiary/aromatic N) is 1. The Balaban J connectivity index is 2.29. The Hall–Kier alpha value is -1.47. The van der Waals surface area contributed by atoms with Gasteiger partial charge in [0.2, 0.25) is 11.8 Å². The van der Waals surface area contributed by atoms with Crippen molar-refractivity contribution in [2.75, 3.05) is 13.1 Å². The van der Waals surface area contributed by atoms with E-state index in [0.29, 0.717) is 13.0 Å². The van der Waals surface area contributed by atoms with Crippen molar-refractivity contribution in [3.63, 3.8) is 0 Å². The summed E-state index contributed by atoms with van der Waals surface area (Å²) in [6, 6.07) is -0.589. The molecular weight excluding hydrogens is 312 g/mol. The Morgan fingerprint density at radius 1 is 1.30 bits per heavy atom. The molecule has 1 aromatic heterocycles. The third-order valence-corrected chi connectivity index (χ3v) is 4.33. The summed E-state index contributed by atoms with van der Waals surface area (Å²) in [4.78, 5) is 27.9. The third kappa shape index (κ3) is 6.66. The highest BCUT2D eigenvalue weighted by atomic mass is 32.1. The molecule has 0 saturated carbocycles. The van der Waals surface area contributed by atoms with Crippen molar-refractivity contribution in [3.05, 3.63) is 16.1 Å². The van der Waals surface area contributed by atoms with Gasteiger partial charge in [-0.15, -0.1) is 11.3 Å². The SMILES string of the molecule is CC(C)[C@H](N)C(=O)NCC(=O)NCCc1nc(C(C)(C)C)cs1. The maximum Gasteiger partial charge on any atom is 0.239 e. The summed E-state index contributed by atoms with van der Waals surface area (Å²) in [5.74, 6) is -0.480. The lowest BCUT2D eigenvalue weighted by Gasteiger charge is -2.15. The molecule has 0 radical (unpaired) electrons. The van der Waals surface area contributed by atoms with E-state index in [0.717, 1.165) is 10.7 Å². The standard InChI is InChI=1S/C16H28N4O2S/c1-10(2)14(17)15(22)19-8-12(21)18-7-6-13-20-11(9-23-13)16(3,4)5/h9-10,14H,6-8,17H2,1-5H3,(H,18,21)(H,19,22)/t14-/m0/s1. The molecule has 0 spiro atoms. The molecule has 7 heteroatoms. The maximum atomic E-state index is 11.7. The predicted molar refractivity (Wildman–Crippen MR) is 93.4 cm³/mol. The predicted octanol–water partition coefficient (Wildman–Crippen LogP) is 1.20. The van der Waals surface area contributed by atoms with Crippen molar-refractivity contribution < 1.29 is 9.59 Å². The Labute approximate surface area is 142 Å². The molecule has 4 N–H and O–H groups in total. The summed E-state index contributed by atoms with van der Waals surface area (Å²) >= 11 is 1.60. The minimum Gasteiger partial charge on any atom is -0.354 e. The minimum atomic E-state index is -0.589. The van der Waals surface area contributed by atoms with Crippen molar-refractivity contribution in [2.24, 2.45) is 11.7 Å². The number of carbonyl (C=O) groups excluding carboxylic acids is 2. The first-order valence-corrected chi connectivity index (χ1v) is 8.74. The number of aromatic nitrogens is 1. The molecule has 6 nitrogen and oxygen atoms in total. The van der Waals surface area contributed by atoms with Gasteiger partial charge >= 0.3 is 0 Å². The van der Waals surface area contributed by atoms with Crippen molar-refractivity contribution >= 4 is 23.2 Å². The summed E-state index contributed by atoms with van der Waals surface area (Å²) in [6.07, 6.45) is 0.686. The molecule has 0 aliphatic heterocycles. The van der Waals surface area contributed by atoms with Gasteiger partial charge < -0.3 is 16.4 Å². The van der Waals surface area contributed by atoms with E-state index in [-0.39, 0.29) is 29.7 Å². The highest BCUT2D eigenvalue weighted by Crippen LogP contribution is 2.23. The molecular formula is C16H28N4O2S. The van der Waals surface area contributed by atoms with Gasteiger partial charge in [0, 0.05) is 23.8 Å². The van der Waals surface area contributed by atoms with Crippen LogP contribution in [0, 0.1) is 5.92 Å². The first kappa shape index (κ1) is 19.6. The molecule has 1 atom stereocenters. The molecule has 1 aromatic rings. The van der Waals surface area contributed by atoms with E-state index < -0.39 is 6.04 Å². The number of carbonyl (C=O) groups is 2. The van der Waals surface area contributed by atoms with E-state index in [1.54, 1.807) is 11.3 Å². The number of hydrogen-bond acceptors (Lipinski definition) is 5. The zero-order chi connectivity index (χ0) is 17.6. The molecule has 0 saturated heterocycles. The first-order valence-electron chi connectivity index (χ1n) is 7.86. The highest BCUT2D eigenvalue weighted by Gasteiger charge is 2.18. The maximum absolute atomic E-state index is 11.7. The van der Waals surface area contributed by atoms with Crippen LogP contribution in [0.5, 0.6) is 0 Å². The molecule has 0 fully saturated rings. The monoisotopic (exact) mass is 340 g/mol. The van der Waals surface area contributed by atoms with Gasteiger partial charge in [-0.3, -0.25) is 9.59 Å². The van der Waals surface area contributed by atoms with E-state index in [4.69, 9.17) is 5.73 Å². The van der Waals surface area contributed by atoms with Crippen molar-refractivity contribution in [1.82, 2.24) is 15.6 Å². The number of nitrogens with two attached hydrogens (primary N) is 1. The fourth-order valence-electron chi connectivity index (χ4n) is 1.73. The van der Waals surface area contributed by atoms with Gasteiger partial charge in [0.15, 0.2) is 0 Å². The smallest absolute Gasteiger partial charge is 0.239 e. The summed E-state index contributed by atoms with van der Waals surface area (Å²) in [5.41, 5.74) is 6.82. The van der Waals surface area contributed by atoms with E-state index in [9.17, 15) is 9.59 Å². The molecule has 1 heterocycles. The molecule has 2 amide bonds. The van der Waals surface area contributed by atoms with Gasteiger partial charge in [-0.05, 0) is 5.92 Å². The van der Waals surface area contributed by atoms with Crippen LogP contribution in [0.2, 0.25) is 0 Å².